The van der Waals surface area contributed by atoms with E-state index in [1.807, 2.05) is 30.3 Å². The van der Waals surface area contributed by atoms with Gasteiger partial charge in [-0.05, 0) is 30.7 Å². The maximum atomic E-state index is 12.8. The van der Waals surface area contributed by atoms with Crippen LogP contribution in [-0.2, 0) is 6.54 Å². The van der Waals surface area contributed by atoms with E-state index < -0.39 is 17.2 Å². The molecule has 8 heteroatoms. The highest BCUT2D eigenvalue weighted by Gasteiger charge is 2.17. The van der Waals surface area contributed by atoms with Crippen LogP contribution in [0.1, 0.15) is 21.6 Å². The summed E-state index contributed by atoms with van der Waals surface area (Å²) in [6.45, 7) is 1.89. The summed E-state index contributed by atoms with van der Waals surface area (Å²) in [5, 5.41) is 3.27. The van der Waals surface area contributed by atoms with Gasteiger partial charge >= 0.3 is 5.69 Å². The van der Waals surface area contributed by atoms with Gasteiger partial charge in [-0.15, -0.1) is 0 Å². The zero-order chi connectivity index (χ0) is 21.3. The number of nitrogens with zero attached hydrogens (tertiary/aromatic N) is 2. The topological polar surface area (TPSA) is 96.8 Å². The molecule has 0 aliphatic carbocycles. The number of amides is 1. The number of fused-ring (bicyclic) bond motifs is 1. The lowest BCUT2D eigenvalue weighted by molar-refractivity contribution is 0.102. The van der Waals surface area contributed by atoms with Crippen molar-refractivity contribution < 1.29 is 4.79 Å². The number of hydrogen-bond donors (Lipinski definition) is 2. The van der Waals surface area contributed by atoms with Crippen molar-refractivity contribution in [2.75, 3.05) is 5.32 Å². The highest BCUT2D eigenvalue weighted by molar-refractivity contribution is 6.33. The number of benzene rings is 2. The Labute approximate surface area is 176 Å². The van der Waals surface area contributed by atoms with Crippen LogP contribution < -0.4 is 16.6 Å². The number of para-hydroxylation sites is 1. The fraction of sp³-hybridized carbons (Fsp3) is 0.0909. The minimum Gasteiger partial charge on any atom is -0.321 e. The molecule has 150 valence electrons. The summed E-state index contributed by atoms with van der Waals surface area (Å²) < 4.78 is 1.38. The quantitative estimate of drug-likeness (QED) is 0.529. The Morgan fingerprint density at radius 3 is 2.53 bits per heavy atom. The summed E-state index contributed by atoms with van der Waals surface area (Å²) in [6.07, 6.45) is 0. The Bertz CT molecular complexity index is 1380. The highest BCUT2D eigenvalue weighted by atomic mass is 35.5. The van der Waals surface area contributed by atoms with Crippen molar-refractivity contribution in [3.05, 3.63) is 103 Å². The van der Waals surface area contributed by atoms with Crippen molar-refractivity contribution in [3.63, 3.8) is 0 Å². The first-order chi connectivity index (χ1) is 14.4. The van der Waals surface area contributed by atoms with Gasteiger partial charge in [0.05, 0.1) is 33.9 Å². The third-order valence-electron chi connectivity index (χ3n) is 4.71. The van der Waals surface area contributed by atoms with Crippen LogP contribution >= 0.6 is 11.6 Å². The summed E-state index contributed by atoms with van der Waals surface area (Å²) in [6, 6.07) is 17.7. The molecule has 1 amide bonds. The zero-order valence-electron chi connectivity index (χ0n) is 16.0. The van der Waals surface area contributed by atoms with Crippen molar-refractivity contribution in [1.82, 2.24) is 14.5 Å². The molecule has 0 bridgehead atoms. The van der Waals surface area contributed by atoms with Crippen LogP contribution in [0, 0.1) is 6.92 Å². The second kappa shape index (κ2) is 7.96. The maximum Gasteiger partial charge on any atom is 0.330 e. The lowest BCUT2D eigenvalue weighted by Crippen LogP contribution is -2.32. The second-order valence-corrected chi connectivity index (χ2v) is 7.16. The summed E-state index contributed by atoms with van der Waals surface area (Å²) in [4.78, 5) is 44.4. The van der Waals surface area contributed by atoms with Gasteiger partial charge in [0.2, 0.25) is 0 Å². The van der Waals surface area contributed by atoms with E-state index in [0.717, 1.165) is 5.56 Å². The standard InChI is InChI=1S/C22H17ClN4O3/c1-13-15(20(28)25-18-10-6-5-9-17(18)23)11-16-19(24-13)27(22(30)26-21(16)29)12-14-7-3-2-4-8-14/h2-11H,12H2,1H3,(H,25,28)(H,26,29,30). The first-order valence-corrected chi connectivity index (χ1v) is 9.56. The molecule has 0 saturated heterocycles. The number of hydrogen-bond acceptors (Lipinski definition) is 4. The average molecular weight is 421 g/mol. The van der Waals surface area contributed by atoms with Gasteiger partial charge in [0, 0.05) is 0 Å². The summed E-state index contributed by atoms with van der Waals surface area (Å²) in [7, 11) is 0. The van der Waals surface area contributed by atoms with Gasteiger partial charge in [-0.3, -0.25) is 19.1 Å². The van der Waals surface area contributed by atoms with E-state index >= 15 is 0 Å². The SMILES string of the molecule is Cc1nc2c(cc1C(=O)Nc1ccccc1Cl)c(=O)[nH]c(=O)n2Cc1ccccc1. The van der Waals surface area contributed by atoms with Crippen molar-refractivity contribution >= 4 is 34.2 Å². The third kappa shape index (κ3) is 3.75. The van der Waals surface area contributed by atoms with Crippen LogP contribution in [0.2, 0.25) is 5.02 Å². The Kier molecular flexibility index (Phi) is 5.20. The van der Waals surface area contributed by atoms with Crippen molar-refractivity contribution in [1.29, 1.82) is 0 Å². The number of nitrogens with one attached hydrogen (secondary N) is 2. The molecular weight excluding hydrogens is 404 g/mol. The van der Waals surface area contributed by atoms with Crippen LogP contribution in [0.15, 0.2) is 70.3 Å². The zero-order valence-corrected chi connectivity index (χ0v) is 16.7. The first-order valence-electron chi connectivity index (χ1n) is 9.18. The van der Waals surface area contributed by atoms with Gasteiger partial charge in [0.1, 0.15) is 5.65 Å². The van der Waals surface area contributed by atoms with Gasteiger partial charge in [0.25, 0.3) is 11.5 Å². The number of carbonyl (C=O) groups excluding carboxylic acids is 1. The van der Waals surface area contributed by atoms with Crippen LogP contribution in [-0.4, -0.2) is 20.4 Å². The van der Waals surface area contributed by atoms with Gasteiger partial charge in [-0.2, -0.15) is 0 Å². The molecule has 2 aromatic carbocycles. The largest absolute Gasteiger partial charge is 0.330 e. The minimum atomic E-state index is -0.599. The fourth-order valence-corrected chi connectivity index (χ4v) is 3.37. The molecule has 0 atom stereocenters. The number of H-pyrrole nitrogens is 1. The number of halogens is 1. The number of rotatable bonds is 4. The molecule has 4 aromatic rings. The van der Waals surface area contributed by atoms with E-state index in [1.54, 1.807) is 31.2 Å². The molecule has 2 aromatic heterocycles. The van der Waals surface area contributed by atoms with Crippen LogP contribution in [0.25, 0.3) is 11.0 Å². The molecule has 0 saturated carbocycles. The molecule has 2 N–H and O–H groups in total. The number of aromatic amines is 1. The molecule has 0 spiro atoms. The maximum absolute atomic E-state index is 12.8. The van der Waals surface area contributed by atoms with Crippen molar-refractivity contribution in [2.24, 2.45) is 0 Å². The molecule has 0 fully saturated rings. The van der Waals surface area contributed by atoms with E-state index in [-0.39, 0.29) is 23.1 Å². The van der Waals surface area contributed by atoms with Gasteiger partial charge in [-0.25, -0.2) is 9.78 Å². The van der Waals surface area contributed by atoms with E-state index in [0.29, 0.717) is 16.4 Å². The third-order valence-corrected chi connectivity index (χ3v) is 5.04. The number of anilines is 1. The summed E-state index contributed by atoms with van der Waals surface area (Å²) in [5.74, 6) is -0.449. The minimum absolute atomic E-state index is 0.153. The average Bonchev–Trinajstić information content (AvgIpc) is 2.73. The molecule has 0 aliphatic heterocycles. The molecule has 4 rings (SSSR count). The van der Waals surface area contributed by atoms with Gasteiger partial charge in [0.15, 0.2) is 0 Å². The second-order valence-electron chi connectivity index (χ2n) is 6.76. The van der Waals surface area contributed by atoms with Crippen molar-refractivity contribution in [3.8, 4) is 0 Å². The molecule has 7 nitrogen and oxygen atoms in total. The number of pyridine rings is 1. The smallest absolute Gasteiger partial charge is 0.321 e. The molecule has 2 heterocycles. The van der Waals surface area contributed by atoms with E-state index in [2.05, 4.69) is 15.3 Å². The summed E-state index contributed by atoms with van der Waals surface area (Å²) >= 11 is 6.11. The summed E-state index contributed by atoms with van der Waals surface area (Å²) in [5.41, 5.74) is 1.01. The Balaban J connectivity index is 1.80. The first kappa shape index (κ1) is 19.6. The van der Waals surface area contributed by atoms with Crippen molar-refractivity contribution in [2.45, 2.75) is 13.5 Å². The van der Waals surface area contributed by atoms with E-state index in [4.69, 9.17) is 11.6 Å². The van der Waals surface area contributed by atoms with E-state index in [1.165, 1.54) is 10.6 Å². The predicted molar refractivity (Wildman–Crippen MR) is 116 cm³/mol. The Morgan fingerprint density at radius 1 is 1.10 bits per heavy atom. The molecule has 0 radical (unpaired) electrons. The normalized spacial score (nSPS) is 10.9. The number of aryl methyl sites for hydroxylation is 1. The number of carbonyl (C=O) groups is 1. The van der Waals surface area contributed by atoms with Gasteiger partial charge in [-0.1, -0.05) is 54.1 Å². The highest BCUT2D eigenvalue weighted by Crippen LogP contribution is 2.22. The van der Waals surface area contributed by atoms with Crippen LogP contribution in [0.5, 0.6) is 0 Å². The lowest BCUT2D eigenvalue weighted by Gasteiger charge is -2.12. The fourth-order valence-electron chi connectivity index (χ4n) is 3.19. The van der Waals surface area contributed by atoms with E-state index in [9.17, 15) is 14.4 Å². The number of aromatic nitrogens is 3. The predicted octanol–water partition coefficient (Wildman–Crippen LogP) is 3.35. The lowest BCUT2D eigenvalue weighted by atomic mass is 10.1. The molecule has 0 aliphatic rings. The molecule has 0 unspecified atom stereocenters. The van der Waals surface area contributed by atoms with Gasteiger partial charge < -0.3 is 5.32 Å². The van der Waals surface area contributed by atoms with Crippen LogP contribution in [0.4, 0.5) is 5.69 Å². The Hall–Kier alpha value is -3.71. The monoisotopic (exact) mass is 420 g/mol. The molecule has 30 heavy (non-hydrogen) atoms. The van der Waals surface area contributed by atoms with Crippen LogP contribution in [0.3, 0.4) is 0 Å². The Morgan fingerprint density at radius 2 is 1.80 bits per heavy atom. The molecular formula is C22H17ClN4O3.